The minimum atomic E-state index is -4.14. The Hall–Kier alpha value is -1.32. The van der Waals surface area contributed by atoms with Crippen molar-refractivity contribution in [3.8, 4) is 0 Å². The zero-order chi connectivity index (χ0) is 14.0. The van der Waals surface area contributed by atoms with Crippen molar-refractivity contribution in [1.29, 1.82) is 0 Å². The predicted octanol–water partition coefficient (Wildman–Crippen LogP) is 2.19. The van der Waals surface area contributed by atoms with Gasteiger partial charge in [-0.2, -0.15) is 0 Å². The van der Waals surface area contributed by atoms with E-state index in [2.05, 4.69) is 25.8 Å². The SMILES string of the molecule is O=S(=O)(NCc1ccno1)c1c(F)cc(F)cc1Br. The zero-order valence-electron chi connectivity index (χ0n) is 9.23. The second kappa shape index (κ2) is 5.35. The molecule has 102 valence electrons. The lowest BCUT2D eigenvalue weighted by atomic mass is 10.3. The maximum Gasteiger partial charge on any atom is 0.245 e. The van der Waals surface area contributed by atoms with E-state index in [9.17, 15) is 17.2 Å². The van der Waals surface area contributed by atoms with Crippen molar-refractivity contribution in [3.05, 3.63) is 46.3 Å². The van der Waals surface area contributed by atoms with Gasteiger partial charge in [0.05, 0.1) is 12.7 Å². The van der Waals surface area contributed by atoms with E-state index >= 15 is 0 Å². The Morgan fingerprint density at radius 2 is 2.11 bits per heavy atom. The van der Waals surface area contributed by atoms with E-state index < -0.39 is 26.6 Å². The molecule has 0 fully saturated rings. The van der Waals surface area contributed by atoms with Gasteiger partial charge >= 0.3 is 0 Å². The fraction of sp³-hybridized carbons (Fsp3) is 0.100. The molecule has 1 aromatic carbocycles. The van der Waals surface area contributed by atoms with Gasteiger partial charge in [-0.05, 0) is 22.0 Å². The standard InChI is InChI=1S/C10H7BrF2N2O3S/c11-8-3-6(12)4-9(13)10(8)19(16,17)15-5-7-1-2-14-18-7/h1-4,15H,5H2. The van der Waals surface area contributed by atoms with Gasteiger partial charge in [-0.3, -0.25) is 0 Å². The first-order valence-corrected chi connectivity index (χ1v) is 7.21. The average Bonchev–Trinajstić information content (AvgIpc) is 2.77. The minimum absolute atomic E-state index is 0.189. The van der Waals surface area contributed by atoms with Gasteiger partial charge in [-0.1, -0.05) is 5.16 Å². The first-order chi connectivity index (χ1) is 8.90. The zero-order valence-corrected chi connectivity index (χ0v) is 11.6. The first kappa shape index (κ1) is 14.1. The van der Waals surface area contributed by atoms with E-state index in [1.54, 1.807) is 0 Å². The predicted molar refractivity (Wildman–Crippen MR) is 64.6 cm³/mol. The monoisotopic (exact) mass is 352 g/mol. The lowest BCUT2D eigenvalue weighted by molar-refractivity contribution is 0.380. The van der Waals surface area contributed by atoms with Gasteiger partial charge < -0.3 is 4.52 Å². The Bertz CT molecular complexity index is 666. The third kappa shape index (κ3) is 3.17. The Kier molecular flexibility index (Phi) is 3.97. The molecule has 1 heterocycles. The minimum Gasteiger partial charge on any atom is -0.360 e. The molecule has 5 nitrogen and oxygen atoms in total. The molecule has 0 aliphatic rings. The van der Waals surface area contributed by atoms with Gasteiger partial charge in [-0.25, -0.2) is 21.9 Å². The largest absolute Gasteiger partial charge is 0.360 e. The highest BCUT2D eigenvalue weighted by Gasteiger charge is 2.23. The van der Waals surface area contributed by atoms with Gasteiger partial charge in [0.25, 0.3) is 0 Å². The van der Waals surface area contributed by atoms with Crippen molar-refractivity contribution < 1.29 is 21.7 Å². The summed E-state index contributed by atoms with van der Waals surface area (Å²) in [6.45, 7) is -0.189. The Balaban J connectivity index is 2.29. The molecule has 0 radical (unpaired) electrons. The van der Waals surface area contributed by atoms with Crippen LogP contribution in [0.15, 0.2) is 38.3 Å². The van der Waals surface area contributed by atoms with Crippen LogP contribution in [0.1, 0.15) is 5.76 Å². The molecular weight excluding hydrogens is 346 g/mol. The molecule has 0 spiro atoms. The molecule has 1 aromatic heterocycles. The summed E-state index contributed by atoms with van der Waals surface area (Å²) in [6.07, 6.45) is 1.35. The summed E-state index contributed by atoms with van der Waals surface area (Å²) >= 11 is 2.82. The highest BCUT2D eigenvalue weighted by Crippen LogP contribution is 2.26. The van der Waals surface area contributed by atoms with Crippen LogP contribution in [0.4, 0.5) is 8.78 Å². The van der Waals surface area contributed by atoms with Gasteiger partial charge in [-0.15, -0.1) is 0 Å². The molecule has 0 bridgehead atoms. The summed E-state index contributed by atoms with van der Waals surface area (Å²) in [7, 11) is -4.14. The quantitative estimate of drug-likeness (QED) is 0.915. The lowest BCUT2D eigenvalue weighted by Gasteiger charge is -2.08. The molecule has 0 aliphatic carbocycles. The van der Waals surface area contributed by atoms with Gasteiger partial charge in [0.15, 0.2) is 5.76 Å². The molecule has 9 heteroatoms. The maximum absolute atomic E-state index is 13.5. The number of aromatic nitrogens is 1. The van der Waals surface area contributed by atoms with Crippen molar-refractivity contribution >= 4 is 26.0 Å². The van der Waals surface area contributed by atoms with Crippen LogP contribution in [-0.4, -0.2) is 13.6 Å². The van der Waals surface area contributed by atoms with E-state index in [4.69, 9.17) is 4.52 Å². The Morgan fingerprint density at radius 3 is 2.68 bits per heavy atom. The number of rotatable bonds is 4. The van der Waals surface area contributed by atoms with E-state index in [-0.39, 0.29) is 16.8 Å². The Labute approximate surface area is 115 Å². The van der Waals surface area contributed by atoms with Crippen molar-refractivity contribution in [3.63, 3.8) is 0 Å². The second-order valence-electron chi connectivity index (χ2n) is 3.50. The van der Waals surface area contributed by atoms with E-state index in [1.165, 1.54) is 12.3 Å². The number of nitrogens with zero attached hydrogens (tertiary/aromatic N) is 1. The van der Waals surface area contributed by atoms with Gasteiger partial charge in [0.1, 0.15) is 16.5 Å². The van der Waals surface area contributed by atoms with Crippen LogP contribution in [0.2, 0.25) is 0 Å². The number of hydrogen-bond acceptors (Lipinski definition) is 4. The molecular formula is C10H7BrF2N2O3S. The van der Waals surface area contributed by atoms with Crippen LogP contribution < -0.4 is 4.72 Å². The van der Waals surface area contributed by atoms with E-state index in [0.29, 0.717) is 6.07 Å². The number of halogens is 3. The molecule has 0 saturated heterocycles. The Morgan fingerprint density at radius 1 is 1.37 bits per heavy atom. The van der Waals surface area contributed by atoms with Crippen molar-refractivity contribution in [2.24, 2.45) is 0 Å². The molecule has 0 atom stereocenters. The highest BCUT2D eigenvalue weighted by molar-refractivity contribution is 9.10. The normalized spacial score (nSPS) is 11.7. The second-order valence-corrected chi connectivity index (χ2v) is 6.06. The summed E-state index contributed by atoms with van der Waals surface area (Å²) in [5.74, 6) is -1.79. The van der Waals surface area contributed by atoms with Crippen molar-refractivity contribution in [2.75, 3.05) is 0 Å². The lowest BCUT2D eigenvalue weighted by Crippen LogP contribution is -2.24. The molecule has 0 amide bonds. The maximum atomic E-state index is 13.5. The van der Waals surface area contributed by atoms with Crippen LogP contribution in [0.5, 0.6) is 0 Å². The van der Waals surface area contributed by atoms with Crippen LogP contribution in [0.25, 0.3) is 0 Å². The smallest absolute Gasteiger partial charge is 0.245 e. The van der Waals surface area contributed by atoms with Crippen LogP contribution in [0, 0.1) is 11.6 Å². The molecule has 19 heavy (non-hydrogen) atoms. The van der Waals surface area contributed by atoms with Crippen molar-refractivity contribution in [2.45, 2.75) is 11.4 Å². The summed E-state index contributed by atoms with van der Waals surface area (Å²) in [5, 5.41) is 3.40. The van der Waals surface area contributed by atoms with Crippen LogP contribution >= 0.6 is 15.9 Å². The third-order valence-electron chi connectivity index (χ3n) is 2.16. The fourth-order valence-electron chi connectivity index (χ4n) is 1.36. The summed E-state index contributed by atoms with van der Waals surface area (Å²) < 4.78 is 56.9. The number of sulfonamides is 1. The number of hydrogen-bond donors (Lipinski definition) is 1. The number of nitrogens with one attached hydrogen (secondary N) is 1. The van der Waals surface area contributed by atoms with E-state index in [1.807, 2.05) is 0 Å². The average molecular weight is 353 g/mol. The molecule has 0 unspecified atom stereocenters. The summed E-state index contributed by atoms with van der Waals surface area (Å²) in [4.78, 5) is -0.659. The molecule has 2 rings (SSSR count). The van der Waals surface area contributed by atoms with Crippen LogP contribution in [0.3, 0.4) is 0 Å². The van der Waals surface area contributed by atoms with Gasteiger partial charge in [0.2, 0.25) is 10.0 Å². The molecule has 2 aromatic rings. The van der Waals surface area contributed by atoms with Crippen LogP contribution in [-0.2, 0) is 16.6 Å². The first-order valence-electron chi connectivity index (χ1n) is 4.94. The molecule has 0 aliphatic heterocycles. The third-order valence-corrected chi connectivity index (χ3v) is 4.52. The highest BCUT2D eigenvalue weighted by atomic mass is 79.9. The molecule has 0 saturated carbocycles. The van der Waals surface area contributed by atoms with Gasteiger partial charge in [0, 0.05) is 16.6 Å². The summed E-state index contributed by atoms with van der Waals surface area (Å²) in [5.41, 5.74) is 0. The summed E-state index contributed by atoms with van der Waals surface area (Å²) in [6, 6.07) is 2.82. The fourth-order valence-corrected chi connectivity index (χ4v) is 3.51. The van der Waals surface area contributed by atoms with E-state index in [0.717, 1.165) is 6.07 Å². The number of benzene rings is 1. The topological polar surface area (TPSA) is 72.2 Å². The molecule has 1 N–H and O–H groups in total. The van der Waals surface area contributed by atoms with Crippen molar-refractivity contribution in [1.82, 2.24) is 9.88 Å².